The Morgan fingerprint density at radius 2 is 2.04 bits per heavy atom. The first-order valence-corrected chi connectivity index (χ1v) is 10.0. The summed E-state index contributed by atoms with van der Waals surface area (Å²) in [6.07, 6.45) is 3.54. The van der Waals surface area contributed by atoms with Crippen LogP contribution in [0.2, 0.25) is 0 Å². The lowest BCUT2D eigenvalue weighted by atomic mass is 9.94. The third kappa shape index (κ3) is 3.81. The molecule has 5 heteroatoms. The molecule has 1 aliphatic rings. The largest absolute Gasteiger partial charge is 0.361 e. The molecule has 2 atom stereocenters. The summed E-state index contributed by atoms with van der Waals surface area (Å²) in [5.41, 5.74) is 11.2. The molecule has 0 fully saturated rings. The summed E-state index contributed by atoms with van der Waals surface area (Å²) in [4.78, 5) is 18.1. The standard InChI is InChI=1S/C23H28N4O/c1-16-19-7-3-2-6-17(19)10-12-27(16)13-11-25-23(28)21(24)14-18-15-26-22-9-5-4-8-20(18)22/h2-9,15-16,21,26H,10-14,24H2,1H3,(H,25,28)/t16?,21-/m1/s1. The lowest BCUT2D eigenvalue weighted by Gasteiger charge is -2.35. The number of rotatable bonds is 6. The maximum absolute atomic E-state index is 12.5. The Kier molecular flexibility index (Phi) is 5.46. The summed E-state index contributed by atoms with van der Waals surface area (Å²) in [6, 6.07) is 16.6. The number of H-pyrrole nitrogens is 1. The molecule has 1 amide bonds. The van der Waals surface area contributed by atoms with Crippen LogP contribution in [0.1, 0.15) is 29.7 Å². The van der Waals surface area contributed by atoms with Crippen molar-refractivity contribution >= 4 is 16.8 Å². The molecule has 28 heavy (non-hydrogen) atoms. The molecule has 0 radical (unpaired) electrons. The van der Waals surface area contributed by atoms with Gasteiger partial charge < -0.3 is 16.0 Å². The quantitative estimate of drug-likeness (QED) is 0.619. The second-order valence-corrected chi connectivity index (χ2v) is 7.62. The van der Waals surface area contributed by atoms with Crippen LogP contribution in [0.3, 0.4) is 0 Å². The molecule has 0 spiro atoms. The van der Waals surface area contributed by atoms with Gasteiger partial charge in [0.15, 0.2) is 0 Å². The lowest BCUT2D eigenvalue weighted by Crippen LogP contribution is -2.45. The van der Waals surface area contributed by atoms with Crippen LogP contribution >= 0.6 is 0 Å². The van der Waals surface area contributed by atoms with Crippen molar-refractivity contribution in [3.05, 3.63) is 71.4 Å². The first kappa shape index (κ1) is 18.7. The van der Waals surface area contributed by atoms with E-state index in [9.17, 15) is 4.79 Å². The number of nitrogens with zero attached hydrogens (tertiary/aromatic N) is 1. The summed E-state index contributed by atoms with van der Waals surface area (Å²) in [5, 5.41) is 4.15. The second kappa shape index (κ2) is 8.17. The number of hydrogen-bond donors (Lipinski definition) is 3. The molecule has 0 saturated carbocycles. The summed E-state index contributed by atoms with van der Waals surface area (Å²) in [5.74, 6) is -0.0876. The van der Waals surface area contributed by atoms with Gasteiger partial charge in [-0.25, -0.2) is 0 Å². The highest BCUT2D eigenvalue weighted by atomic mass is 16.2. The van der Waals surface area contributed by atoms with Crippen LogP contribution in [0.4, 0.5) is 0 Å². The highest BCUT2D eigenvalue weighted by Crippen LogP contribution is 2.28. The number of nitrogens with one attached hydrogen (secondary N) is 2. The van der Waals surface area contributed by atoms with Gasteiger partial charge in [0, 0.05) is 42.8 Å². The molecule has 4 N–H and O–H groups in total. The van der Waals surface area contributed by atoms with Crippen molar-refractivity contribution in [1.82, 2.24) is 15.2 Å². The normalized spacial score (nSPS) is 18.0. The van der Waals surface area contributed by atoms with E-state index in [0.29, 0.717) is 19.0 Å². The van der Waals surface area contributed by atoms with Gasteiger partial charge in [0.1, 0.15) is 0 Å². The Morgan fingerprint density at radius 1 is 1.25 bits per heavy atom. The fraction of sp³-hybridized carbons (Fsp3) is 0.348. The van der Waals surface area contributed by atoms with Gasteiger partial charge in [-0.2, -0.15) is 0 Å². The molecule has 0 saturated heterocycles. The number of carbonyl (C=O) groups is 1. The number of carbonyl (C=O) groups excluding carboxylic acids is 1. The van der Waals surface area contributed by atoms with E-state index in [-0.39, 0.29) is 5.91 Å². The topological polar surface area (TPSA) is 74.2 Å². The average Bonchev–Trinajstić information content (AvgIpc) is 3.12. The zero-order chi connectivity index (χ0) is 19.5. The van der Waals surface area contributed by atoms with Crippen LogP contribution in [0.5, 0.6) is 0 Å². The number of hydrogen-bond acceptors (Lipinski definition) is 3. The van der Waals surface area contributed by atoms with Crippen molar-refractivity contribution in [1.29, 1.82) is 0 Å². The highest BCUT2D eigenvalue weighted by Gasteiger charge is 2.23. The monoisotopic (exact) mass is 376 g/mol. The molecule has 2 aromatic carbocycles. The lowest BCUT2D eigenvalue weighted by molar-refractivity contribution is -0.122. The van der Waals surface area contributed by atoms with E-state index < -0.39 is 6.04 Å². The minimum Gasteiger partial charge on any atom is -0.361 e. The Morgan fingerprint density at radius 3 is 2.93 bits per heavy atom. The predicted molar refractivity (Wildman–Crippen MR) is 113 cm³/mol. The van der Waals surface area contributed by atoms with Gasteiger partial charge in [0.05, 0.1) is 6.04 Å². The Bertz CT molecular complexity index is 964. The van der Waals surface area contributed by atoms with Crippen LogP contribution in [0.15, 0.2) is 54.7 Å². The molecule has 4 rings (SSSR count). The Labute approximate surface area is 165 Å². The fourth-order valence-corrected chi connectivity index (χ4v) is 4.21. The first-order valence-electron chi connectivity index (χ1n) is 10.0. The number of para-hydroxylation sites is 1. The zero-order valence-electron chi connectivity index (χ0n) is 16.3. The zero-order valence-corrected chi connectivity index (χ0v) is 16.3. The number of aromatic amines is 1. The molecule has 1 aromatic heterocycles. The van der Waals surface area contributed by atoms with Gasteiger partial charge in [-0.1, -0.05) is 42.5 Å². The third-order valence-electron chi connectivity index (χ3n) is 5.87. The van der Waals surface area contributed by atoms with E-state index in [1.54, 1.807) is 0 Å². The van der Waals surface area contributed by atoms with E-state index in [1.165, 1.54) is 11.1 Å². The molecule has 5 nitrogen and oxygen atoms in total. The average molecular weight is 377 g/mol. The fourth-order valence-electron chi connectivity index (χ4n) is 4.21. The SMILES string of the molecule is CC1c2ccccc2CCN1CCNC(=O)[C@H](N)Cc1c[nH]c2ccccc12. The highest BCUT2D eigenvalue weighted by molar-refractivity contribution is 5.86. The van der Waals surface area contributed by atoms with Gasteiger partial charge in [-0.3, -0.25) is 9.69 Å². The number of fused-ring (bicyclic) bond motifs is 2. The van der Waals surface area contributed by atoms with E-state index in [2.05, 4.69) is 52.5 Å². The van der Waals surface area contributed by atoms with Crippen LogP contribution in [0.25, 0.3) is 10.9 Å². The van der Waals surface area contributed by atoms with Crippen LogP contribution < -0.4 is 11.1 Å². The summed E-state index contributed by atoms with van der Waals surface area (Å²) >= 11 is 0. The number of nitrogens with two attached hydrogens (primary N) is 1. The number of amides is 1. The summed E-state index contributed by atoms with van der Waals surface area (Å²) in [6.45, 7) is 4.71. The van der Waals surface area contributed by atoms with Crippen LogP contribution in [-0.2, 0) is 17.6 Å². The molecule has 0 aliphatic carbocycles. The first-order chi connectivity index (χ1) is 13.6. The van der Waals surface area contributed by atoms with E-state index >= 15 is 0 Å². The summed E-state index contributed by atoms with van der Waals surface area (Å²) in [7, 11) is 0. The van der Waals surface area contributed by atoms with E-state index in [4.69, 9.17) is 5.73 Å². The van der Waals surface area contributed by atoms with Gasteiger partial charge >= 0.3 is 0 Å². The number of aromatic nitrogens is 1. The number of benzene rings is 2. The van der Waals surface area contributed by atoms with Gasteiger partial charge in [-0.15, -0.1) is 0 Å². The van der Waals surface area contributed by atoms with Crippen molar-refractivity contribution in [2.75, 3.05) is 19.6 Å². The van der Waals surface area contributed by atoms with E-state index in [1.807, 2.05) is 24.4 Å². The molecule has 1 aliphatic heterocycles. The van der Waals surface area contributed by atoms with Crippen molar-refractivity contribution in [3.8, 4) is 0 Å². The smallest absolute Gasteiger partial charge is 0.237 e. The molecule has 0 bridgehead atoms. The van der Waals surface area contributed by atoms with Crippen molar-refractivity contribution < 1.29 is 4.79 Å². The molecular weight excluding hydrogens is 348 g/mol. The molecular formula is C23H28N4O. The van der Waals surface area contributed by atoms with Gasteiger partial charge in [0.2, 0.25) is 5.91 Å². The van der Waals surface area contributed by atoms with Crippen molar-refractivity contribution in [3.63, 3.8) is 0 Å². The minimum absolute atomic E-state index is 0.0876. The van der Waals surface area contributed by atoms with Crippen LogP contribution in [0, 0.1) is 0 Å². The van der Waals surface area contributed by atoms with Crippen molar-refractivity contribution in [2.45, 2.75) is 31.8 Å². The molecule has 146 valence electrons. The maximum Gasteiger partial charge on any atom is 0.237 e. The third-order valence-corrected chi connectivity index (χ3v) is 5.87. The maximum atomic E-state index is 12.5. The molecule has 1 unspecified atom stereocenters. The minimum atomic E-state index is -0.543. The predicted octanol–water partition coefficient (Wildman–Crippen LogP) is 2.77. The molecule has 3 aromatic rings. The van der Waals surface area contributed by atoms with Crippen LogP contribution in [-0.4, -0.2) is 41.5 Å². The van der Waals surface area contributed by atoms with Gasteiger partial charge in [-0.05, 0) is 42.5 Å². The van der Waals surface area contributed by atoms with Crippen molar-refractivity contribution in [2.24, 2.45) is 5.73 Å². The van der Waals surface area contributed by atoms with E-state index in [0.717, 1.165) is 36.0 Å². The Balaban J connectivity index is 1.29. The second-order valence-electron chi connectivity index (χ2n) is 7.62. The Hall–Kier alpha value is -2.63. The molecule has 2 heterocycles. The summed E-state index contributed by atoms with van der Waals surface area (Å²) < 4.78 is 0. The van der Waals surface area contributed by atoms with Gasteiger partial charge in [0.25, 0.3) is 0 Å².